The van der Waals surface area contributed by atoms with Gasteiger partial charge in [0, 0.05) is 6.42 Å². The zero-order valence-corrected chi connectivity index (χ0v) is 9.87. The van der Waals surface area contributed by atoms with E-state index in [0.717, 1.165) is 17.7 Å². The number of ether oxygens (including phenoxy) is 1. The summed E-state index contributed by atoms with van der Waals surface area (Å²) >= 11 is 4.14. The zero-order valence-electron chi connectivity index (χ0n) is 8.98. The molecule has 0 aromatic heterocycles. The van der Waals surface area contributed by atoms with E-state index in [1.54, 1.807) is 0 Å². The van der Waals surface area contributed by atoms with Gasteiger partial charge in [0.15, 0.2) is 5.78 Å². The maximum atomic E-state index is 11.5. The van der Waals surface area contributed by atoms with E-state index in [1.165, 1.54) is 0 Å². The number of hydrogen-bond donors (Lipinski definition) is 1. The molecule has 84 valence electrons. The van der Waals surface area contributed by atoms with Crippen LogP contribution in [0.1, 0.15) is 28.8 Å². The Kier molecular flexibility index (Phi) is 3.67. The highest BCUT2D eigenvalue weighted by Gasteiger charge is 2.17. The molecule has 0 bridgehead atoms. The van der Waals surface area contributed by atoms with E-state index in [0.29, 0.717) is 24.3 Å². The van der Waals surface area contributed by atoms with Crippen molar-refractivity contribution in [1.82, 2.24) is 0 Å². The van der Waals surface area contributed by atoms with Gasteiger partial charge in [-0.2, -0.15) is 12.6 Å². The van der Waals surface area contributed by atoms with E-state index in [2.05, 4.69) is 18.7 Å². The van der Waals surface area contributed by atoms with Crippen molar-refractivity contribution in [1.29, 1.82) is 0 Å². The highest BCUT2D eigenvalue weighted by molar-refractivity contribution is 7.80. The molecule has 0 saturated heterocycles. The van der Waals surface area contributed by atoms with E-state index in [4.69, 9.17) is 4.74 Å². The van der Waals surface area contributed by atoms with Crippen LogP contribution in [0.4, 0.5) is 0 Å². The number of benzene rings is 1. The second-order valence-electron chi connectivity index (χ2n) is 3.69. The van der Waals surface area contributed by atoms with Gasteiger partial charge in [-0.1, -0.05) is 18.2 Å². The molecule has 1 heterocycles. The molecule has 2 nitrogen and oxygen atoms in total. The number of carbonyl (C=O) groups excluding carboxylic acids is 1. The van der Waals surface area contributed by atoms with Crippen LogP contribution in [0.2, 0.25) is 0 Å². The summed E-state index contributed by atoms with van der Waals surface area (Å²) in [6.07, 6.45) is 5.53. The van der Waals surface area contributed by atoms with Crippen LogP contribution in [0, 0.1) is 0 Å². The molecule has 1 aromatic carbocycles. The highest BCUT2D eigenvalue weighted by atomic mass is 32.1. The van der Waals surface area contributed by atoms with Crippen LogP contribution in [0.15, 0.2) is 24.3 Å². The quantitative estimate of drug-likeness (QED) is 0.814. The molecule has 1 aromatic rings. The van der Waals surface area contributed by atoms with Crippen molar-refractivity contribution in [2.45, 2.75) is 12.8 Å². The third kappa shape index (κ3) is 2.47. The molecule has 0 atom stereocenters. The molecule has 0 saturated carbocycles. The fourth-order valence-corrected chi connectivity index (χ4v) is 1.82. The number of thiol groups is 1. The SMILES string of the molecule is O=C1CCOc2cc(C=CCCS)ccc21. The molecule has 0 amide bonds. The molecule has 1 aliphatic rings. The monoisotopic (exact) mass is 234 g/mol. The van der Waals surface area contributed by atoms with Gasteiger partial charge in [-0.15, -0.1) is 0 Å². The van der Waals surface area contributed by atoms with Crippen molar-refractivity contribution in [3.63, 3.8) is 0 Å². The maximum absolute atomic E-state index is 11.5. The Morgan fingerprint density at radius 1 is 1.44 bits per heavy atom. The molecule has 0 aliphatic carbocycles. The minimum absolute atomic E-state index is 0.173. The first-order chi connectivity index (χ1) is 7.81. The highest BCUT2D eigenvalue weighted by Crippen LogP contribution is 2.26. The van der Waals surface area contributed by atoms with Gasteiger partial charge in [0.2, 0.25) is 0 Å². The van der Waals surface area contributed by atoms with Crippen LogP contribution in [-0.4, -0.2) is 18.1 Å². The fourth-order valence-electron chi connectivity index (χ4n) is 1.67. The van der Waals surface area contributed by atoms with Crippen molar-refractivity contribution in [2.75, 3.05) is 12.4 Å². The average molecular weight is 234 g/mol. The Balaban J connectivity index is 2.22. The standard InChI is InChI=1S/C13H14O2S/c14-12-6-7-15-13-9-10(3-1-2-8-16)4-5-11(12)13/h1,3-5,9,16H,2,6-8H2. The zero-order chi connectivity index (χ0) is 11.4. The van der Waals surface area contributed by atoms with Gasteiger partial charge in [-0.3, -0.25) is 4.79 Å². The number of rotatable bonds is 3. The fraction of sp³-hybridized carbons (Fsp3) is 0.308. The summed E-state index contributed by atoms with van der Waals surface area (Å²) in [6.45, 7) is 0.496. The van der Waals surface area contributed by atoms with Gasteiger partial charge in [-0.05, 0) is 29.9 Å². The van der Waals surface area contributed by atoms with Gasteiger partial charge in [-0.25, -0.2) is 0 Å². The second kappa shape index (κ2) is 5.21. The Morgan fingerprint density at radius 3 is 3.12 bits per heavy atom. The van der Waals surface area contributed by atoms with Gasteiger partial charge in [0.25, 0.3) is 0 Å². The lowest BCUT2D eigenvalue weighted by Gasteiger charge is -2.16. The summed E-state index contributed by atoms with van der Waals surface area (Å²) in [5, 5.41) is 0. The summed E-state index contributed by atoms with van der Waals surface area (Å²) in [4.78, 5) is 11.5. The maximum Gasteiger partial charge on any atom is 0.169 e. The van der Waals surface area contributed by atoms with Gasteiger partial charge < -0.3 is 4.74 Å². The summed E-state index contributed by atoms with van der Waals surface area (Å²) in [7, 11) is 0. The van der Waals surface area contributed by atoms with E-state index in [-0.39, 0.29) is 5.78 Å². The second-order valence-corrected chi connectivity index (χ2v) is 4.14. The molecular formula is C13H14O2S. The Labute approximate surface area is 101 Å². The predicted octanol–water partition coefficient (Wildman–Crippen LogP) is 2.98. The Morgan fingerprint density at radius 2 is 2.31 bits per heavy atom. The summed E-state index contributed by atoms with van der Waals surface area (Å²) in [5.41, 5.74) is 1.77. The van der Waals surface area contributed by atoms with Crippen LogP contribution in [0.3, 0.4) is 0 Å². The Hall–Kier alpha value is -1.22. The van der Waals surface area contributed by atoms with Gasteiger partial charge in [0.05, 0.1) is 12.2 Å². The lowest BCUT2D eigenvalue weighted by Crippen LogP contribution is -2.15. The first-order valence-corrected chi connectivity index (χ1v) is 6.02. The smallest absolute Gasteiger partial charge is 0.169 e. The molecular weight excluding hydrogens is 220 g/mol. The minimum Gasteiger partial charge on any atom is -0.492 e. The molecule has 0 unspecified atom stereocenters. The third-order valence-electron chi connectivity index (χ3n) is 2.50. The van der Waals surface area contributed by atoms with E-state index in [1.807, 2.05) is 24.3 Å². The summed E-state index contributed by atoms with van der Waals surface area (Å²) in [5.74, 6) is 1.73. The average Bonchev–Trinajstić information content (AvgIpc) is 2.30. The first kappa shape index (κ1) is 11.3. The number of fused-ring (bicyclic) bond motifs is 1. The van der Waals surface area contributed by atoms with Crippen LogP contribution in [-0.2, 0) is 0 Å². The topological polar surface area (TPSA) is 26.3 Å². The number of hydrogen-bond acceptors (Lipinski definition) is 3. The van der Waals surface area contributed by atoms with Crippen molar-refractivity contribution in [3.05, 3.63) is 35.4 Å². The molecule has 3 heteroatoms. The number of carbonyl (C=O) groups is 1. The lowest BCUT2D eigenvalue weighted by atomic mass is 10.0. The summed E-state index contributed by atoms with van der Waals surface area (Å²) < 4.78 is 5.47. The summed E-state index contributed by atoms with van der Waals surface area (Å²) in [6, 6.07) is 5.71. The molecule has 16 heavy (non-hydrogen) atoms. The Bertz CT molecular complexity index is 424. The van der Waals surface area contributed by atoms with Crippen LogP contribution >= 0.6 is 12.6 Å². The van der Waals surface area contributed by atoms with Crippen molar-refractivity contribution in [2.24, 2.45) is 0 Å². The first-order valence-electron chi connectivity index (χ1n) is 5.38. The molecule has 0 radical (unpaired) electrons. The lowest BCUT2D eigenvalue weighted by molar-refractivity contribution is 0.0933. The molecule has 0 spiro atoms. The van der Waals surface area contributed by atoms with Gasteiger partial charge >= 0.3 is 0 Å². The van der Waals surface area contributed by atoms with Crippen molar-refractivity contribution in [3.8, 4) is 5.75 Å². The minimum atomic E-state index is 0.173. The van der Waals surface area contributed by atoms with E-state index < -0.39 is 0 Å². The van der Waals surface area contributed by atoms with Gasteiger partial charge in [0.1, 0.15) is 5.75 Å². The number of Topliss-reactive ketones (excluding diaryl/α,β-unsaturated/α-hetero) is 1. The van der Waals surface area contributed by atoms with Crippen molar-refractivity contribution < 1.29 is 9.53 Å². The molecule has 1 aliphatic heterocycles. The molecule has 0 fully saturated rings. The molecule has 0 N–H and O–H groups in total. The van der Waals surface area contributed by atoms with E-state index >= 15 is 0 Å². The van der Waals surface area contributed by atoms with Crippen molar-refractivity contribution >= 4 is 24.5 Å². The van der Waals surface area contributed by atoms with E-state index in [9.17, 15) is 4.79 Å². The van der Waals surface area contributed by atoms with Crippen LogP contribution in [0.5, 0.6) is 5.75 Å². The predicted molar refractivity (Wildman–Crippen MR) is 68.4 cm³/mol. The largest absolute Gasteiger partial charge is 0.492 e. The van der Waals surface area contributed by atoms with Crippen LogP contribution < -0.4 is 4.74 Å². The molecule has 2 rings (SSSR count). The normalized spacial score (nSPS) is 14.9. The number of allylic oxidation sites excluding steroid dienone is 1. The number of ketones is 1. The van der Waals surface area contributed by atoms with Crippen LogP contribution in [0.25, 0.3) is 6.08 Å². The third-order valence-corrected chi connectivity index (χ3v) is 2.76.